The van der Waals surface area contributed by atoms with Gasteiger partial charge in [-0.25, -0.2) is 4.79 Å². The molecule has 1 aromatic carbocycles. The largest absolute Gasteiger partial charge is 0.339 e. The van der Waals surface area contributed by atoms with Crippen LogP contribution in [0.4, 0.5) is 4.79 Å². The van der Waals surface area contributed by atoms with Gasteiger partial charge in [0.2, 0.25) is 5.91 Å². The maximum absolute atomic E-state index is 12.3. The van der Waals surface area contributed by atoms with Crippen molar-refractivity contribution in [2.45, 2.75) is 32.7 Å². The van der Waals surface area contributed by atoms with E-state index in [-0.39, 0.29) is 17.5 Å². The molecule has 1 fully saturated rings. The van der Waals surface area contributed by atoms with E-state index in [1.54, 1.807) is 4.90 Å². The molecule has 1 aliphatic rings. The Balaban J connectivity index is 1.82. The second kappa shape index (κ2) is 6.81. The van der Waals surface area contributed by atoms with Crippen molar-refractivity contribution in [2.24, 2.45) is 0 Å². The van der Waals surface area contributed by atoms with Crippen molar-refractivity contribution in [1.29, 1.82) is 0 Å². The predicted octanol–water partition coefficient (Wildman–Crippen LogP) is 1.88. The molecule has 2 rings (SSSR count). The SMILES string of the molecule is CC(C)(C)NC(=O)N1CCN(C(=O)Cc2ccccc2)CC1. The first-order valence-electron chi connectivity index (χ1n) is 7.74. The number of urea groups is 1. The van der Waals surface area contributed by atoms with Crippen LogP contribution in [0.5, 0.6) is 0 Å². The monoisotopic (exact) mass is 303 g/mol. The van der Waals surface area contributed by atoms with Crippen LogP contribution in [0, 0.1) is 0 Å². The van der Waals surface area contributed by atoms with E-state index in [0.717, 1.165) is 5.56 Å². The van der Waals surface area contributed by atoms with Crippen LogP contribution in [0.3, 0.4) is 0 Å². The number of hydrogen-bond donors (Lipinski definition) is 1. The fraction of sp³-hybridized carbons (Fsp3) is 0.529. The molecule has 0 saturated carbocycles. The highest BCUT2D eigenvalue weighted by Gasteiger charge is 2.25. The lowest BCUT2D eigenvalue weighted by Crippen LogP contribution is -2.56. The van der Waals surface area contributed by atoms with Gasteiger partial charge in [0.1, 0.15) is 0 Å². The van der Waals surface area contributed by atoms with Gasteiger partial charge in [0.15, 0.2) is 0 Å². The summed E-state index contributed by atoms with van der Waals surface area (Å²) in [6.07, 6.45) is 0.426. The van der Waals surface area contributed by atoms with Gasteiger partial charge in [-0.2, -0.15) is 0 Å². The summed E-state index contributed by atoms with van der Waals surface area (Å²) in [7, 11) is 0. The molecule has 3 amide bonds. The number of nitrogens with one attached hydrogen (secondary N) is 1. The number of piperazine rings is 1. The van der Waals surface area contributed by atoms with Gasteiger partial charge in [-0.1, -0.05) is 30.3 Å². The number of carbonyl (C=O) groups is 2. The van der Waals surface area contributed by atoms with Gasteiger partial charge in [-0.3, -0.25) is 4.79 Å². The molecule has 0 unspecified atom stereocenters. The van der Waals surface area contributed by atoms with Crippen LogP contribution in [0.1, 0.15) is 26.3 Å². The summed E-state index contributed by atoms with van der Waals surface area (Å²) >= 11 is 0. The summed E-state index contributed by atoms with van der Waals surface area (Å²) in [5, 5.41) is 2.96. The molecular formula is C17H25N3O2. The third-order valence-electron chi connectivity index (χ3n) is 3.60. The summed E-state index contributed by atoms with van der Waals surface area (Å²) in [6.45, 7) is 8.26. The molecule has 0 aromatic heterocycles. The molecule has 0 aliphatic carbocycles. The third kappa shape index (κ3) is 4.76. The summed E-state index contributed by atoms with van der Waals surface area (Å²) in [4.78, 5) is 28.0. The maximum atomic E-state index is 12.3. The Morgan fingerprint density at radius 2 is 1.55 bits per heavy atom. The smallest absolute Gasteiger partial charge is 0.317 e. The number of amides is 3. The highest BCUT2D eigenvalue weighted by molar-refractivity contribution is 5.79. The first-order valence-corrected chi connectivity index (χ1v) is 7.74. The summed E-state index contributed by atoms with van der Waals surface area (Å²) in [5.41, 5.74) is 0.789. The van der Waals surface area contributed by atoms with E-state index in [1.807, 2.05) is 56.0 Å². The molecule has 0 bridgehead atoms. The minimum absolute atomic E-state index is 0.0531. The Morgan fingerprint density at radius 3 is 2.09 bits per heavy atom. The van der Waals surface area contributed by atoms with Crippen molar-refractivity contribution in [3.8, 4) is 0 Å². The average Bonchev–Trinajstić information content (AvgIpc) is 2.46. The van der Waals surface area contributed by atoms with Crippen LogP contribution in [-0.2, 0) is 11.2 Å². The van der Waals surface area contributed by atoms with Crippen LogP contribution >= 0.6 is 0 Å². The normalized spacial score (nSPS) is 15.6. The third-order valence-corrected chi connectivity index (χ3v) is 3.60. The molecule has 1 N–H and O–H groups in total. The second-order valence-electron chi connectivity index (χ2n) is 6.71. The fourth-order valence-electron chi connectivity index (χ4n) is 2.44. The molecule has 0 radical (unpaired) electrons. The molecule has 1 aliphatic heterocycles. The van der Waals surface area contributed by atoms with Gasteiger partial charge >= 0.3 is 6.03 Å². The van der Waals surface area contributed by atoms with Crippen molar-refractivity contribution in [3.63, 3.8) is 0 Å². The van der Waals surface area contributed by atoms with Gasteiger partial charge in [-0.05, 0) is 26.3 Å². The first kappa shape index (κ1) is 16.3. The zero-order valence-corrected chi connectivity index (χ0v) is 13.6. The van der Waals surface area contributed by atoms with E-state index in [9.17, 15) is 9.59 Å². The van der Waals surface area contributed by atoms with Crippen molar-refractivity contribution < 1.29 is 9.59 Å². The van der Waals surface area contributed by atoms with Gasteiger partial charge in [0.25, 0.3) is 0 Å². The van der Waals surface area contributed by atoms with Crippen molar-refractivity contribution in [2.75, 3.05) is 26.2 Å². The van der Waals surface area contributed by atoms with Crippen LogP contribution in [0.15, 0.2) is 30.3 Å². The number of hydrogen-bond acceptors (Lipinski definition) is 2. The van der Waals surface area contributed by atoms with Crippen LogP contribution in [0.2, 0.25) is 0 Å². The summed E-state index contributed by atoms with van der Waals surface area (Å²) in [5.74, 6) is 0.127. The van der Waals surface area contributed by atoms with Gasteiger partial charge in [0, 0.05) is 31.7 Å². The number of nitrogens with zero attached hydrogens (tertiary/aromatic N) is 2. The van der Waals surface area contributed by atoms with Crippen LogP contribution < -0.4 is 5.32 Å². The topological polar surface area (TPSA) is 52.7 Å². The van der Waals surface area contributed by atoms with Gasteiger partial charge < -0.3 is 15.1 Å². The van der Waals surface area contributed by atoms with Gasteiger partial charge in [0.05, 0.1) is 6.42 Å². The van der Waals surface area contributed by atoms with Crippen LogP contribution in [0.25, 0.3) is 0 Å². The van der Waals surface area contributed by atoms with E-state index < -0.39 is 0 Å². The Kier molecular flexibility index (Phi) is 5.06. The Hall–Kier alpha value is -2.04. The average molecular weight is 303 g/mol. The highest BCUT2D eigenvalue weighted by atomic mass is 16.2. The van der Waals surface area contributed by atoms with Gasteiger partial charge in [-0.15, -0.1) is 0 Å². The molecule has 120 valence electrons. The standard InChI is InChI=1S/C17H25N3O2/c1-17(2,3)18-16(22)20-11-9-19(10-12-20)15(21)13-14-7-5-4-6-8-14/h4-8H,9-13H2,1-3H3,(H,18,22). The van der Waals surface area contributed by atoms with Crippen molar-refractivity contribution in [1.82, 2.24) is 15.1 Å². The van der Waals surface area contributed by atoms with Crippen LogP contribution in [-0.4, -0.2) is 53.5 Å². The molecule has 1 aromatic rings. The Labute approximate surface area is 132 Å². The molecule has 5 heteroatoms. The van der Waals surface area contributed by atoms with E-state index in [2.05, 4.69) is 5.32 Å². The first-order chi connectivity index (χ1) is 10.3. The fourth-order valence-corrected chi connectivity index (χ4v) is 2.44. The van der Waals surface area contributed by atoms with E-state index >= 15 is 0 Å². The lowest BCUT2D eigenvalue weighted by atomic mass is 10.1. The number of rotatable bonds is 2. The second-order valence-corrected chi connectivity index (χ2v) is 6.71. The van der Waals surface area contributed by atoms with E-state index in [4.69, 9.17) is 0 Å². The maximum Gasteiger partial charge on any atom is 0.317 e. The Morgan fingerprint density at radius 1 is 1.00 bits per heavy atom. The number of carbonyl (C=O) groups excluding carboxylic acids is 2. The van der Waals surface area contributed by atoms with E-state index in [1.165, 1.54) is 0 Å². The Bertz CT molecular complexity index is 514. The molecule has 0 spiro atoms. The molecular weight excluding hydrogens is 278 g/mol. The predicted molar refractivity (Wildman–Crippen MR) is 86.6 cm³/mol. The number of benzene rings is 1. The minimum atomic E-state index is -0.239. The minimum Gasteiger partial charge on any atom is -0.339 e. The lowest BCUT2D eigenvalue weighted by Gasteiger charge is -2.36. The van der Waals surface area contributed by atoms with E-state index in [0.29, 0.717) is 32.6 Å². The highest BCUT2D eigenvalue weighted by Crippen LogP contribution is 2.08. The molecule has 0 atom stereocenters. The molecule has 1 heterocycles. The quantitative estimate of drug-likeness (QED) is 0.907. The van der Waals surface area contributed by atoms with Crippen molar-refractivity contribution >= 4 is 11.9 Å². The summed E-state index contributed by atoms with van der Waals surface area (Å²) in [6, 6.07) is 9.70. The zero-order chi connectivity index (χ0) is 16.2. The zero-order valence-electron chi connectivity index (χ0n) is 13.6. The molecule has 22 heavy (non-hydrogen) atoms. The summed E-state index contributed by atoms with van der Waals surface area (Å²) < 4.78 is 0. The van der Waals surface area contributed by atoms with Crippen molar-refractivity contribution in [3.05, 3.63) is 35.9 Å². The molecule has 5 nitrogen and oxygen atoms in total. The lowest BCUT2D eigenvalue weighted by molar-refractivity contribution is -0.131. The molecule has 1 saturated heterocycles.